The van der Waals surface area contributed by atoms with E-state index in [-0.39, 0.29) is 5.60 Å². The summed E-state index contributed by atoms with van der Waals surface area (Å²) in [7, 11) is 3.75. The smallest absolute Gasteiger partial charge is 0.102 e. The van der Waals surface area contributed by atoms with E-state index in [1.165, 1.54) is 57.8 Å². The van der Waals surface area contributed by atoms with Gasteiger partial charge in [-0.15, -0.1) is 0 Å². The molecule has 0 bridgehead atoms. The van der Waals surface area contributed by atoms with Crippen molar-refractivity contribution >= 4 is 0 Å². The Morgan fingerprint density at radius 1 is 1.09 bits per heavy atom. The van der Waals surface area contributed by atoms with Crippen molar-refractivity contribution in [1.29, 1.82) is 5.26 Å². The van der Waals surface area contributed by atoms with Crippen LogP contribution in [-0.2, 0) is 16.0 Å². The molecule has 4 aliphatic carbocycles. The fourth-order valence-corrected chi connectivity index (χ4v) is 9.82. The molecule has 9 atom stereocenters. The molecule has 1 aromatic rings. The molecule has 188 valence electrons. The van der Waals surface area contributed by atoms with Gasteiger partial charge in [-0.05, 0) is 111 Å². The number of rotatable bonds is 6. The Kier molecular flexibility index (Phi) is 6.39. The molecule has 0 spiro atoms. The second-order valence-electron chi connectivity index (χ2n) is 13.2. The molecule has 1 aromatic heterocycles. The Balaban J connectivity index is 1.33. The van der Waals surface area contributed by atoms with Crippen LogP contribution >= 0.6 is 0 Å². The highest BCUT2D eigenvalue weighted by Crippen LogP contribution is 2.66. The molecular weight excluding hydrogens is 422 g/mol. The number of nitrogens with zero attached hydrogens (tertiary/aromatic N) is 3. The maximum atomic E-state index is 9.22. The molecule has 0 radical (unpaired) electrons. The van der Waals surface area contributed by atoms with E-state index in [0.717, 1.165) is 42.7 Å². The van der Waals surface area contributed by atoms with Crippen molar-refractivity contribution < 1.29 is 9.47 Å². The fourth-order valence-electron chi connectivity index (χ4n) is 9.82. The molecule has 5 heteroatoms. The zero-order valence-corrected chi connectivity index (χ0v) is 22.1. The lowest BCUT2D eigenvalue weighted by Gasteiger charge is -2.58. The zero-order chi connectivity index (χ0) is 24.1. The molecular formula is C29H45N3O2. The van der Waals surface area contributed by atoms with Crippen LogP contribution in [0.2, 0.25) is 0 Å². The van der Waals surface area contributed by atoms with Crippen molar-refractivity contribution in [3.8, 4) is 6.07 Å². The van der Waals surface area contributed by atoms with Crippen LogP contribution in [0.5, 0.6) is 0 Å². The zero-order valence-electron chi connectivity index (χ0n) is 22.1. The van der Waals surface area contributed by atoms with E-state index < -0.39 is 0 Å². The van der Waals surface area contributed by atoms with Crippen LogP contribution < -0.4 is 0 Å². The summed E-state index contributed by atoms with van der Waals surface area (Å²) in [5.41, 5.74) is 1.09. The van der Waals surface area contributed by atoms with Crippen LogP contribution in [0.3, 0.4) is 0 Å². The van der Waals surface area contributed by atoms with E-state index in [2.05, 4.69) is 31.9 Å². The molecule has 0 aliphatic heterocycles. The molecule has 0 aromatic carbocycles. The average Bonchev–Trinajstić information content (AvgIpc) is 3.42. The fraction of sp³-hybridized carbons (Fsp3) is 0.862. The summed E-state index contributed by atoms with van der Waals surface area (Å²) in [6.07, 6.45) is 15.8. The summed E-state index contributed by atoms with van der Waals surface area (Å²) in [5, 5.41) is 13.7. The van der Waals surface area contributed by atoms with Crippen molar-refractivity contribution in [3.63, 3.8) is 0 Å². The number of hydrogen-bond donors (Lipinski definition) is 0. The van der Waals surface area contributed by atoms with Crippen molar-refractivity contribution in [2.75, 3.05) is 20.8 Å². The Labute approximate surface area is 206 Å². The average molecular weight is 468 g/mol. The summed E-state index contributed by atoms with van der Waals surface area (Å²) < 4.78 is 13.8. The van der Waals surface area contributed by atoms with E-state index in [1.54, 1.807) is 6.20 Å². The van der Waals surface area contributed by atoms with Crippen LogP contribution in [0.15, 0.2) is 12.4 Å². The van der Waals surface area contributed by atoms with Gasteiger partial charge in [0.05, 0.1) is 30.5 Å². The first-order valence-electron chi connectivity index (χ1n) is 13.7. The molecule has 4 fully saturated rings. The second-order valence-corrected chi connectivity index (χ2v) is 13.2. The third kappa shape index (κ3) is 3.94. The van der Waals surface area contributed by atoms with Crippen LogP contribution in [0.4, 0.5) is 0 Å². The van der Waals surface area contributed by atoms with Crippen molar-refractivity contribution in [2.24, 2.45) is 46.3 Å². The van der Waals surface area contributed by atoms with Gasteiger partial charge in [0.1, 0.15) is 6.07 Å². The van der Waals surface area contributed by atoms with Gasteiger partial charge in [0.15, 0.2) is 0 Å². The quantitative estimate of drug-likeness (QED) is 0.508. The predicted molar refractivity (Wildman–Crippen MR) is 133 cm³/mol. The standard InChI is InChI=1S/C29H45N3O2/c1-27(19-33-4)12-10-22-21(14-27)6-7-24-23(22)11-13-28(2)25(24)8-9-26(28)29(3,34-5)18-32-17-20(15-30)16-31-32/h16-17,21-26H,6-14,18-19H2,1-5H3/t21-,22+,23-,24-,25+,26+,27+,28+,29+/m1/s1. The van der Waals surface area contributed by atoms with Crippen molar-refractivity contribution in [1.82, 2.24) is 9.78 Å². The highest BCUT2D eigenvalue weighted by atomic mass is 16.5. The summed E-state index contributed by atoms with van der Waals surface area (Å²) in [6.45, 7) is 8.99. The molecule has 1 heterocycles. The van der Waals surface area contributed by atoms with E-state index >= 15 is 0 Å². The van der Waals surface area contributed by atoms with E-state index in [4.69, 9.17) is 9.47 Å². The molecule has 5 rings (SSSR count). The molecule has 34 heavy (non-hydrogen) atoms. The predicted octanol–water partition coefficient (Wildman–Crippen LogP) is 6.08. The van der Waals surface area contributed by atoms with Gasteiger partial charge in [0.2, 0.25) is 0 Å². The van der Waals surface area contributed by atoms with Gasteiger partial charge in [0, 0.05) is 20.4 Å². The Morgan fingerprint density at radius 2 is 1.88 bits per heavy atom. The van der Waals surface area contributed by atoms with E-state index in [9.17, 15) is 5.26 Å². The SMILES string of the molecule is COC[C@@]1(C)CC[C@H]2[C@H](CC[C@@H]3[C@@H]2CC[C@@]2(C)[C@H]3CC[C@@H]2[C@](C)(Cn2cc(C#N)cn2)OC)C1. The van der Waals surface area contributed by atoms with E-state index in [1.807, 2.05) is 25.1 Å². The van der Waals surface area contributed by atoms with Gasteiger partial charge in [-0.25, -0.2) is 0 Å². The third-order valence-electron chi connectivity index (χ3n) is 11.3. The van der Waals surface area contributed by atoms with Crippen LogP contribution in [0.25, 0.3) is 0 Å². The lowest BCUT2D eigenvalue weighted by Crippen LogP contribution is -2.53. The lowest BCUT2D eigenvalue weighted by molar-refractivity contribution is -0.133. The third-order valence-corrected chi connectivity index (χ3v) is 11.3. The number of methoxy groups -OCH3 is 2. The molecule has 4 saturated carbocycles. The minimum atomic E-state index is -0.265. The molecule has 0 N–H and O–H groups in total. The van der Waals surface area contributed by atoms with Crippen LogP contribution in [0.1, 0.15) is 84.1 Å². The second kappa shape index (κ2) is 8.93. The molecule has 4 aliphatic rings. The highest BCUT2D eigenvalue weighted by molar-refractivity contribution is 5.22. The summed E-state index contributed by atoms with van der Waals surface area (Å²) in [6, 6.07) is 2.21. The van der Waals surface area contributed by atoms with Gasteiger partial charge < -0.3 is 9.47 Å². The first-order chi connectivity index (χ1) is 16.2. The first-order valence-corrected chi connectivity index (χ1v) is 13.7. The van der Waals surface area contributed by atoms with Crippen LogP contribution in [-0.4, -0.2) is 36.2 Å². The topological polar surface area (TPSA) is 60.1 Å². The van der Waals surface area contributed by atoms with E-state index in [0.29, 0.717) is 22.3 Å². The highest BCUT2D eigenvalue weighted by Gasteiger charge is 2.61. The van der Waals surface area contributed by atoms with Crippen molar-refractivity contribution in [2.45, 2.75) is 90.7 Å². The minimum absolute atomic E-state index is 0.265. The van der Waals surface area contributed by atoms with Gasteiger partial charge in [-0.2, -0.15) is 10.4 Å². The Morgan fingerprint density at radius 3 is 2.59 bits per heavy atom. The summed E-state index contributed by atoms with van der Waals surface area (Å²) in [5.74, 6) is 5.03. The van der Waals surface area contributed by atoms with Crippen molar-refractivity contribution in [3.05, 3.63) is 18.0 Å². The summed E-state index contributed by atoms with van der Waals surface area (Å²) in [4.78, 5) is 0. The molecule has 0 unspecified atom stereocenters. The maximum Gasteiger partial charge on any atom is 0.102 e. The number of ether oxygens (including phenoxy) is 2. The van der Waals surface area contributed by atoms with Gasteiger partial charge in [-0.1, -0.05) is 13.8 Å². The summed E-state index contributed by atoms with van der Waals surface area (Å²) >= 11 is 0. The number of fused-ring (bicyclic) bond motifs is 5. The Bertz CT molecular complexity index is 923. The Hall–Kier alpha value is -1.38. The normalized spacial score (nSPS) is 43.3. The van der Waals surface area contributed by atoms with Crippen LogP contribution in [0, 0.1) is 57.7 Å². The molecule has 5 nitrogen and oxygen atoms in total. The van der Waals surface area contributed by atoms with Gasteiger partial charge in [-0.3, -0.25) is 4.68 Å². The van der Waals surface area contributed by atoms with Gasteiger partial charge >= 0.3 is 0 Å². The maximum absolute atomic E-state index is 9.22. The lowest BCUT2D eigenvalue weighted by atomic mass is 9.47. The minimum Gasteiger partial charge on any atom is -0.384 e. The molecule has 0 amide bonds. The largest absolute Gasteiger partial charge is 0.384 e. The number of nitriles is 1. The number of aromatic nitrogens is 2. The first kappa shape index (κ1) is 24.3. The number of hydrogen-bond acceptors (Lipinski definition) is 4. The monoisotopic (exact) mass is 467 g/mol. The van der Waals surface area contributed by atoms with Gasteiger partial charge in [0.25, 0.3) is 0 Å². The molecule has 0 saturated heterocycles.